The molecule has 38 heavy (non-hydrogen) atoms. The maximum absolute atomic E-state index is 15.8. The zero-order valence-corrected chi connectivity index (χ0v) is 21.1. The molecule has 0 saturated carbocycles. The smallest absolute Gasteiger partial charge is 0.283 e. The van der Waals surface area contributed by atoms with E-state index in [1.54, 1.807) is 6.92 Å². The van der Waals surface area contributed by atoms with Crippen molar-refractivity contribution < 1.29 is 32.2 Å². The number of para-hydroxylation sites is 1. The summed E-state index contributed by atoms with van der Waals surface area (Å²) < 4.78 is 72.6. The molecule has 1 aromatic heterocycles. The van der Waals surface area contributed by atoms with Crippen LogP contribution in [0.3, 0.4) is 0 Å². The Morgan fingerprint density at radius 3 is 2.55 bits per heavy atom. The Balaban J connectivity index is 1.52. The second kappa shape index (κ2) is 10.6. The standard InChI is InChI=1S/C28H32F5N3O2/c1-16-11-21-18-5-2-3-6-22(18)34-25(21)26(36(16)14-28(32,33)15-37)19-7-8-20(24(31)23(19)30)27(38)17-12-35(13-17)10-4-9-29/h2-3,5-8,16-17,26-27,34,37-38H,4,9-15H2,1H3/t16-,26?,27-/m1/s1. The Kier molecular flexibility index (Phi) is 7.52. The van der Waals surface area contributed by atoms with E-state index in [9.17, 15) is 23.4 Å². The number of fused-ring (bicyclic) bond motifs is 3. The van der Waals surface area contributed by atoms with Gasteiger partial charge in [-0.25, -0.2) is 17.6 Å². The fourth-order valence-electron chi connectivity index (χ4n) is 5.95. The number of nitrogens with zero attached hydrogens (tertiary/aromatic N) is 2. The molecule has 0 spiro atoms. The molecule has 3 aromatic rings. The van der Waals surface area contributed by atoms with Crippen molar-refractivity contribution in [3.8, 4) is 0 Å². The van der Waals surface area contributed by atoms with Gasteiger partial charge in [-0.2, -0.15) is 0 Å². The van der Waals surface area contributed by atoms with E-state index in [1.807, 2.05) is 29.2 Å². The van der Waals surface area contributed by atoms with Crippen molar-refractivity contribution in [2.45, 2.75) is 43.9 Å². The Morgan fingerprint density at radius 1 is 1.11 bits per heavy atom. The number of aromatic nitrogens is 1. The van der Waals surface area contributed by atoms with Crippen LogP contribution < -0.4 is 0 Å². The first-order valence-electron chi connectivity index (χ1n) is 12.9. The molecule has 0 bridgehead atoms. The molecule has 3 heterocycles. The molecule has 0 aliphatic carbocycles. The number of rotatable bonds is 9. The summed E-state index contributed by atoms with van der Waals surface area (Å²) in [6.45, 7) is 0.545. The molecular weight excluding hydrogens is 505 g/mol. The van der Waals surface area contributed by atoms with Crippen molar-refractivity contribution in [2.24, 2.45) is 5.92 Å². The molecule has 0 amide bonds. The number of aliphatic hydroxyl groups excluding tert-OH is 2. The van der Waals surface area contributed by atoms with Crippen molar-refractivity contribution in [2.75, 3.05) is 39.5 Å². The summed E-state index contributed by atoms with van der Waals surface area (Å²) in [4.78, 5) is 6.58. The number of alkyl halides is 3. The van der Waals surface area contributed by atoms with Crippen LogP contribution in [-0.2, 0) is 6.42 Å². The first-order valence-corrected chi connectivity index (χ1v) is 12.9. The van der Waals surface area contributed by atoms with Gasteiger partial charge in [-0.15, -0.1) is 0 Å². The topological polar surface area (TPSA) is 62.7 Å². The number of aromatic amines is 1. The van der Waals surface area contributed by atoms with Gasteiger partial charge in [-0.05, 0) is 31.4 Å². The Hall–Kier alpha value is -2.53. The van der Waals surface area contributed by atoms with Gasteiger partial charge in [0.15, 0.2) is 11.6 Å². The van der Waals surface area contributed by atoms with Gasteiger partial charge < -0.3 is 20.1 Å². The van der Waals surface area contributed by atoms with Gasteiger partial charge in [0.1, 0.15) is 6.61 Å². The van der Waals surface area contributed by atoms with Gasteiger partial charge in [0, 0.05) is 59.3 Å². The molecule has 3 atom stereocenters. The molecule has 206 valence electrons. The number of hydrogen-bond acceptors (Lipinski definition) is 4. The summed E-state index contributed by atoms with van der Waals surface area (Å²) in [5.74, 6) is -6.17. The Labute approximate surface area is 217 Å². The summed E-state index contributed by atoms with van der Waals surface area (Å²) in [5, 5.41) is 20.9. The van der Waals surface area contributed by atoms with E-state index >= 15 is 8.78 Å². The minimum Gasteiger partial charge on any atom is -0.390 e. The van der Waals surface area contributed by atoms with E-state index in [0.29, 0.717) is 38.2 Å². The second-order valence-corrected chi connectivity index (χ2v) is 10.6. The van der Waals surface area contributed by atoms with Crippen molar-refractivity contribution in [3.05, 3.63) is 70.4 Å². The highest BCUT2D eigenvalue weighted by Gasteiger charge is 2.43. The first-order chi connectivity index (χ1) is 18.1. The predicted octanol–water partition coefficient (Wildman–Crippen LogP) is 4.73. The van der Waals surface area contributed by atoms with Crippen LogP contribution in [0.1, 0.15) is 47.9 Å². The molecule has 2 aromatic carbocycles. The van der Waals surface area contributed by atoms with Gasteiger partial charge >= 0.3 is 0 Å². The quantitative estimate of drug-likeness (QED) is 0.346. The van der Waals surface area contributed by atoms with Crippen molar-refractivity contribution in [3.63, 3.8) is 0 Å². The molecule has 1 saturated heterocycles. The molecule has 3 N–H and O–H groups in total. The third-order valence-electron chi connectivity index (χ3n) is 7.96. The fourth-order valence-corrected chi connectivity index (χ4v) is 5.95. The van der Waals surface area contributed by atoms with Crippen LogP contribution in [0.15, 0.2) is 36.4 Å². The lowest BCUT2D eigenvalue weighted by molar-refractivity contribution is -0.0867. The van der Waals surface area contributed by atoms with Crippen LogP contribution >= 0.6 is 0 Å². The zero-order chi connectivity index (χ0) is 27.2. The van der Waals surface area contributed by atoms with Gasteiger partial charge in [-0.1, -0.05) is 30.3 Å². The molecule has 10 heteroatoms. The predicted molar refractivity (Wildman–Crippen MR) is 134 cm³/mol. The van der Waals surface area contributed by atoms with Gasteiger partial charge in [0.05, 0.1) is 25.4 Å². The van der Waals surface area contributed by atoms with E-state index < -0.39 is 55.6 Å². The molecule has 0 radical (unpaired) electrons. The minimum atomic E-state index is -3.45. The third-order valence-corrected chi connectivity index (χ3v) is 7.96. The van der Waals surface area contributed by atoms with Crippen LogP contribution in [0.2, 0.25) is 0 Å². The summed E-state index contributed by atoms with van der Waals surface area (Å²) >= 11 is 0. The molecule has 1 unspecified atom stereocenters. The van der Waals surface area contributed by atoms with E-state index in [2.05, 4.69) is 4.98 Å². The number of hydrogen-bond donors (Lipinski definition) is 3. The van der Waals surface area contributed by atoms with E-state index in [1.165, 1.54) is 17.0 Å². The summed E-state index contributed by atoms with van der Waals surface area (Å²) in [7, 11) is 0. The lowest BCUT2D eigenvalue weighted by Gasteiger charge is -2.43. The van der Waals surface area contributed by atoms with Crippen LogP contribution in [0.5, 0.6) is 0 Å². The molecule has 2 aliphatic rings. The largest absolute Gasteiger partial charge is 0.390 e. The molecule has 2 aliphatic heterocycles. The Morgan fingerprint density at radius 2 is 1.84 bits per heavy atom. The summed E-state index contributed by atoms with van der Waals surface area (Å²) in [6.07, 6.45) is -0.454. The van der Waals surface area contributed by atoms with Crippen molar-refractivity contribution in [1.82, 2.24) is 14.8 Å². The van der Waals surface area contributed by atoms with E-state index in [0.717, 1.165) is 16.5 Å². The second-order valence-electron chi connectivity index (χ2n) is 10.6. The van der Waals surface area contributed by atoms with Gasteiger partial charge in [0.2, 0.25) is 0 Å². The fraction of sp³-hybridized carbons (Fsp3) is 0.500. The van der Waals surface area contributed by atoms with Crippen LogP contribution in [-0.4, -0.2) is 76.4 Å². The van der Waals surface area contributed by atoms with Crippen LogP contribution in [0.4, 0.5) is 22.0 Å². The Bertz CT molecular complexity index is 1290. The lowest BCUT2D eigenvalue weighted by Crippen LogP contribution is -2.50. The maximum atomic E-state index is 15.8. The highest BCUT2D eigenvalue weighted by molar-refractivity contribution is 5.85. The first kappa shape index (κ1) is 27.1. The molecule has 5 nitrogen and oxygen atoms in total. The van der Waals surface area contributed by atoms with E-state index in [4.69, 9.17) is 0 Å². The van der Waals surface area contributed by atoms with E-state index in [-0.39, 0.29) is 17.0 Å². The lowest BCUT2D eigenvalue weighted by atomic mass is 9.85. The monoisotopic (exact) mass is 537 g/mol. The summed E-state index contributed by atoms with van der Waals surface area (Å²) in [6, 6.07) is 8.60. The van der Waals surface area contributed by atoms with Crippen molar-refractivity contribution in [1.29, 1.82) is 0 Å². The number of aliphatic hydroxyl groups is 2. The molecule has 5 rings (SSSR count). The number of likely N-dealkylation sites (tertiary alicyclic amines) is 1. The summed E-state index contributed by atoms with van der Waals surface area (Å²) in [5.41, 5.74) is 1.82. The minimum absolute atomic E-state index is 0.121. The molecule has 1 fully saturated rings. The average molecular weight is 538 g/mol. The SMILES string of the molecule is C[C@@H]1Cc2c([nH]c3ccccc23)C(c2ccc([C@H](O)C3CN(CCCF)C3)c(F)c2F)N1CC(F)(F)CO. The third kappa shape index (κ3) is 4.83. The number of benzene rings is 2. The average Bonchev–Trinajstić information content (AvgIpc) is 3.23. The maximum Gasteiger partial charge on any atom is 0.283 e. The van der Waals surface area contributed by atoms with Crippen LogP contribution in [0, 0.1) is 17.6 Å². The highest BCUT2D eigenvalue weighted by atomic mass is 19.3. The number of halogens is 5. The number of nitrogens with one attached hydrogen (secondary N) is 1. The normalized spacial score (nSPS) is 22.0. The molecular formula is C28H32F5N3O2. The van der Waals surface area contributed by atoms with Crippen LogP contribution in [0.25, 0.3) is 10.9 Å². The van der Waals surface area contributed by atoms with Gasteiger partial charge in [-0.3, -0.25) is 9.29 Å². The highest BCUT2D eigenvalue weighted by Crippen LogP contribution is 2.44. The zero-order valence-electron chi connectivity index (χ0n) is 21.1. The number of H-pyrrole nitrogens is 1. The van der Waals surface area contributed by atoms with Gasteiger partial charge in [0.25, 0.3) is 5.92 Å². The van der Waals surface area contributed by atoms with Crippen molar-refractivity contribution >= 4 is 10.9 Å².